The molecule has 0 unspecified atom stereocenters. The average molecular weight is 380 g/mol. The highest BCUT2D eigenvalue weighted by Crippen LogP contribution is 2.24. The van der Waals surface area contributed by atoms with Gasteiger partial charge in [0.2, 0.25) is 17.7 Å². The molecule has 1 aliphatic rings. The second-order valence-corrected chi connectivity index (χ2v) is 7.09. The van der Waals surface area contributed by atoms with Crippen molar-refractivity contribution in [3.05, 3.63) is 48.4 Å². The molecule has 28 heavy (non-hydrogen) atoms. The SMILES string of the molecule is COc1cncc(OC2CCC(NC(=O)Cc3c[nH]c4ccccc34)CC2)n1. The maximum atomic E-state index is 12.5. The highest BCUT2D eigenvalue weighted by molar-refractivity contribution is 5.88. The van der Waals surface area contributed by atoms with Crippen molar-refractivity contribution in [2.24, 2.45) is 0 Å². The van der Waals surface area contributed by atoms with Gasteiger partial charge in [-0.1, -0.05) is 18.2 Å². The van der Waals surface area contributed by atoms with Crippen LogP contribution in [0.5, 0.6) is 11.8 Å². The van der Waals surface area contributed by atoms with Crippen LogP contribution in [0, 0.1) is 0 Å². The zero-order valence-electron chi connectivity index (χ0n) is 15.9. The van der Waals surface area contributed by atoms with Crippen LogP contribution in [-0.4, -0.2) is 40.1 Å². The summed E-state index contributed by atoms with van der Waals surface area (Å²) in [5.41, 5.74) is 2.09. The molecule has 0 radical (unpaired) electrons. The number of amides is 1. The summed E-state index contributed by atoms with van der Waals surface area (Å²) in [4.78, 5) is 24.0. The number of hydrogen-bond donors (Lipinski definition) is 2. The zero-order chi connectivity index (χ0) is 19.3. The van der Waals surface area contributed by atoms with Crippen LogP contribution >= 0.6 is 0 Å². The lowest BCUT2D eigenvalue weighted by Gasteiger charge is -2.29. The molecule has 0 saturated heterocycles. The Hall–Kier alpha value is -3.09. The molecule has 3 aromatic rings. The molecule has 2 heterocycles. The zero-order valence-corrected chi connectivity index (χ0v) is 15.9. The van der Waals surface area contributed by atoms with Gasteiger partial charge in [0.25, 0.3) is 0 Å². The van der Waals surface area contributed by atoms with Crippen LogP contribution in [-0.2, 0) is 11.2 Å². The number of H-pyrrole nitrogens is 1. The van der Waals surface area contributed by atoms with Crippen LogP contribution < -0.4 is 14.8 Å². The molecular weight excluding hydrogens is 356 g/mol. The number of methoxy groups -OCH3 is 1. The van der Waals surface area contributed by atoms with Crippen LogP contribution in [0.1, 0.15) is 31.2 Å². The number of fused-ring (bicyclic) bond motifs is 1. The van der Waals surface area contributed by atoms with Crippen molar-refractivity contribution in [3.8, 4) is 11.8 Å². The first-order chi connectivity index (χ1) is 13.7. The van der Waals surface area contributed by atoms with E-state index < -0.39 is 0 Å². The van der Waals surface area contributed by atoms with E-state index in [4.69, 9.17) is 9.47 Å². The number of hydrogen-bond acceptors (Lipinski definition) is 5. The van der Waals surface area contributed by atoms with Gasteiger partial charge in [0.1, 0.15) is 6.10 Å². The van der Waals surface area contributed by atoms with E-state index in [1.807, 2.05) is 30.5 Å². The van der Waals surface area contributed by atoms with Gasteiger partial charge in [-0.3, -0.25) is 9.78 Å². The van der Waals surface area contributed by atoms with Crippen molar-refractivity contribution in [2.75, 3.05) is 7.11 Å². The van der Waals surface area contributed by atoms with Gasteiger partial charge in [0.05, 0.1) is 25.9 Å². The van der Waals surface area contributed by atoms with Gasteiger partial charge in [-0.05, 0) is 37.3 Å². The van der Waals surface area contributed by atoms with Crippen LogP contribution in [0.15, 0.2) is 42.9 Å². The third-order valence-electron chi connectivity index (χ3n) is 5.15. The molecule has 2 N–H and O–H groups in total. The molecule has 0 atom stereocenters. The van der Waals surface area contributed by atoms with Gasteiger partial charge < -0.3 is 19.8 Å². The van der Waals surface area contributed by atoms with E-state index in [-0.39, 0.29) is 18.1 Å². The van der Waals surface area contributed by atoms with Gasteiger partial charge in [-0.25, -0.2) is 0 Å². The molecule has 7 nitrogen and oxygen atoms in total. The Bertz CT molecular complexity index is 947. The Morgan fingerprint density at radius 2 is 1.96 bits per heavy atom. The van der Waals surface area contributed by atoms with Gasteiger partial charge in [0.15, 0.2) is 0 Å². The standard InChI is InChI=1S/C21H24N4O3/c1-27-20-12-22-13-21(25-20)28-16-8-6-15(7-9-16)24-19(26)10-14-11-23-18-5-3-2-4-17(14)18/h2-5,11-13,15-16,23H,6-10H2,1H3,(H,24,26). The average Bonchev–Trinajstić information content (AvgIpc) is 3.12. The number of rotatable bonds is 6. The summed E-state index contributed by atoms with van der Waals surface area (Å²) in [6.07, 6.45) is 9.06. The third-order valence-corrected chi connectivity index (χ3v) is 5.15. The Balaban J connectivity index is 1.26. The Labute approximate surface area is 163 Å². The Morgan fingerprint density at radius 1 is 1.18 bits per heavy atom. The van der Waals surface area contributed by atoms with E-state index in [9.17, 15) is 4.79 Å². The first kappa shape index (κ1) is 18.3. The van der Waals surface area contributed by atoms with E-state index in [1.165, 1.54) is 0 Å². The molecule has 0 bridgehead atoms. The largest absolute Gasteiger partial charge is 0.480 e. The first-order valence-corrected chi connectivity index (χ1v) is 9.58. The minimum Gasteiger partial charge on any atom is -0.480 e. The molecule has 146 valence electrons. The van der Waals surface area contributed by atoms with Crippen molar-refractivity contribution in [3.63, 3.8) is 0 Å². The van der Waals surface area contributed by atoms with Gasteiger partial charge >= 0.3 is 0 Å². The number of carbonyl (C=O) groups is 1. The van der Waals surface area contributed by atoms with E-state index >= 15 is 0 Å². The van der Waals surface area contributed by atoms with Crippen molar-refractivity contribution >= 4 is 16.8 Å². The number of nitrogens with zero attached hydrogens (tertiary/aromatic N) is 2. The lowest BCUT2D eigenvalue weighted by atomic mass is 9.92. The second kappa shape index (κ2) is 8.29. The molecule has 1 saturated carbocycles. The number of ether oxygens (including phenoxy) is 2. The molecule has 1 aromatic carbocycles. The van der Waals surface area contributed by atoms with Gasteiger partial charge in [0, 0.05) is 23.1 Å². The topological polar surface area (TPSA) is 89.1 Å². The quantitative estimate of drug-likeness (QED) is 0.686. The summed E-state index contributed by atoms with van der Waals surface area (Å²) in [6, 6.07) is 8.23. The maximum absolute atomic E-state index is 12.5. The number of para-hydroxylation sites is 1. The summed E-state index contributed by atoms with van der Waals surface area (Å²) in [6.45, 7) is 0. The van der Waals surface area contributed by atoms with Gasteiger partial charge in [-0.2, -0.15) is 4.98 Å². The molecule has 1 fully saturated rings. The van der Waals surface area contributed by atoms with Crippen molar-refractivity contribution < 1.29 is 14.3 Å². The van der Waals surface area contributed by atoms with E-state index in [0.29, 0.717) is 18.2 Å². The molecule has 1 amide bonds. The predicted octanol–water partition coefficient (Wildman–Crippen LogP) is 3.02. The maximum Gasteiger partial charge on any atom is 0.235 e. The number of nitrogens with one attached hydrogen (secondary N) is 2. The van der Waals surface area contributed by atoms with Gasteiger partial charge in [-0.15, -0.1) is 0 Å². The van der Waals surface area contributed by atoms with Crippen molar-refractivity contribution in [2.45, 2.75) is 44.2 Å². The normalized spacial score (nSPS) is 19.3. The lowest BCUT2D eigenvalue weighted by Crippen LogP contribution is -2.40. The molecule has 4 rings (SSSR count). The molecule has 2 aromatic heterocycles. The van der Waals surface area contributed by atoms with E-state index in [2.05, 4.69) is 20.3 Å². The fraction of sp³-hybridized carbons (Fsp3) is 0.381. The highest BCUT2D eigenvalue weighted by atomic mass is 16.5. The summed E-state index contributed by atoms with van der Waals surface area (Å²) in [5.74, 6) is 0.981. The smallest absolute Gasteiger partial charge is 0.235 e. The second-order valence-electron chi connectivity index (χ2n) is 7.09. The Kier molecular flexibility index (Phi) is 5.41. The molecule has 1 aliphatic carbocycles. The van der Waals surface area contributed by atoms with Crippen molar-refractivity contribution in [1.29, 1.82) is 0 Å². The number of aromatic amines is 1. The van der Waals surface area contributed by atoms with Crippen molar-refractivity contribution in [1.82, 2.24) is 20.3 Å². The molecule has 0 aliphatic heterocycles. The molecule has 7 heteroatoms. The van der Waals surface area contributed by atoms with Crippen LogP contribution in [0.4, 0.5) is 0 Å². The molecular formula is C21H24N4O3. The fourth-order valence-electron chi connectivity index (χ4n) is 3.71. The summed E-state index contributed by atoms with van der Waals surface area (Å²) in [7, 11) is 1.55. The van der Waals surface area contributed by atoms with E-state index in [1.54, 1.807) is 19.5 Å². The highest BCUT2D eigenvalue weighted by Gasteiger charge is 2.24. The van der Waals surface area contributed by atoms with Crippen LogP contribution in [0.3, 0.4) is 0 Å². The van der Waals surface area contributed by atoms with Crippen LogP contribution in [0.25, 0.3) is 10.9 Å². The molecule has 0 spiro atoms. The van der Waals surface area contributed by atoms with Crippen LogP contribution in [0.2, 0.25) is 0 Å². The number of benzene rings is 1. The summed E-state index contributed by atoms with van der Waals surface area (Å²) < 4.78 is 11.0. The lowest BCUT2D eigenvalue weighted by molar-refractivity contribution is -0.121. The minimum absolute atomic E-state index is 0.0628. The summed E-state index contributed by atoms with van der Waals surface area (Å²) >= 11 is 0. The minimum atomic E-state index is 0.0628. The monoisotopic (exact) mass is 380 g/mol. The Morgan fingerprint density at radius 3 is 2.79 bits per heavy atom. The third kappa shape index (κ3) is 4.24. The summed E-state index contributed by atoms with van der Waals surface area (Å²) in [5, 5.41) is 4.27. The first-order valence-electron chi connectivity index (χ1n) is 9.58. The fourth-order valence-corrected chi connectivity index (χ4v) is 3.71. The number of aromatic nitrogens is 3. The predicted molar refractivity (Wildman–Crippen MR) is 105 cm³/mol. The number of carbonyl (C=O) groups excluding carboxylic acids is 1. The van der Waals surface area contributed by atoms with E-state index in [0.717, 1.165) is 42.1 Å².